The van der Waals surface area contributed by atoms with Crippen LogP contribution in [-0.4, -0.2) is 17.1 Å². The van der Waals surface area contributed by atoms with E-state index in [2.05, 4.69) is 32.6 Å². The fraction of sp³-hybridized carbons (Fsp3) is 0.188. The van der Waals surface area contributed by atoms with Crippen molar-refractivity contribution in [3.63, 3.8) is 0 Å². The number of phenolic OH excluding ortho intramolecular Hbond substituents is 1. The van der Waals surface area contributed by atoms with Gasteiger partial charge in [-0.25, -0.2) is 0 Å². The molecule has 3 rings (SSSR count). The van der Waals surface area contributed by atoms with E-state index >= 15 is 0 Å². The first-order valence-electron chi connectivity index (χ1n) is 6.73. The highest BCUT2D eigenvalue weighted by molar-refractivity contribution is 9.10. The zero-order valence-corrected chi connectivity index (χ0v) is 12.9. The van der Waals surface area contributed by atoms with Crippen molar-refractivity contribution in [2.45, 2.75) is 19.0 Å². The minimum absolute atomic E-state index is 0.0581. The van der Waals surface area contributed by atoms with E-state index in [9.17, 15) is 9.90 Å². The van der Waals surface area contributed by atoms with Crippen molar-refractivity contribution in [3.8, 4) is 5.75 Å². The Kier molecular flexibility index (Phi) is 3.94. The summed E-state index contributed by atoms with van der Waals surface area (Å²) in [7, 11) is 0. The summed E-state index contributed by atoms with van der Waals surface area (Å²) in [4.78, 5) is 12.3. The molecule has 0 radical (unpaired) electrons. The second kappa shape index (κ2) is 5.87. The molecule has 0 saturated heterocycles. The van der Waals surface area contributed by atoms with E-state index in [1.54, 1.807) is 18.2 Å². The van der Waals surface area contributed by atoms with Crippen LogP contribution in [0.15, 0.2) is 46.9 Å². The van der Waals surface area contributed by atoms with Gasteiger partial charge in [-0.2, -0.15) is 0 Å². The van der Waals surface area contributed by atoms with E-state index < -0.39 is 0 Å². The van der Waals surface area contributed by atoms with Gasteiger partial charge in [-0.1, -0.05) is 40.2 Å². The largest absolute Gasteiger partial charge is 0.506 e. The number of amides is 1. The van der Waals surface area contributed by atoms with Crippen LogP contribution < -0.4 is 10.6 Å². The van der Waals surface area contributed by atoms with Crippen LogP contribution >= 0.6 is 15.9 Å². The maximum atomic E-state index is 12.3. The summed E-state index contributed by atoms with van der Waals surface area (Å²) in [6, 6.07) is 12.8. The molecule has 0 spiro atoms. The Morgan fingerprint density at radius 2 is 2.00 bits per heavy atom. The van der Waals surface area contributed by atoms with Gasteiger partial charge >= 0.3 is 0 Å². The minimum Gasteiger partial charge on any atom is -0.506 e. The van der Waals surface area contributed by atoms with E-state index in [4.69, 9.17) is 0 Å². The van der Waals surface area contributed by atoms with Crippen molar-refractivity contribution in [1.29, 1.82) is 0 Å². The molecule has 2 aromatic rings. The lowest BCUT2D eigenvalue weighted by molar-refractivity contribution is -0.118. The van der Waals surface area contributed by atoms with Crippen molar-refractivity contribution in [2.75, 3.05) is 5.32 Å². The van der Waals surface area contributed by atoms with Gasteiger partial charge in [0.15, 0.2) is 0 Å². The van der Waals surface area contributed by atoms with Gasteiger partial charge in [-0.3, -0.25) is 4.79 Å². The molecule has 1 atom stereocenters. The number of carbonyl (C=O) groups is 1. The third kappa shape index (κ3) is 3.09. The molecule has 4 nitrogen and oxygen atoms in total. The number of fused-ring (bicyclic) bond motifs is 1. The SMILES string of the molecule is O=C(Nc1cc(Br)ccc1O)[C@H]1Cc2ccccc2CN1. The highest BCUT2D eigenvalue weighted by Crippen LogP contribution is 2.27. The third-order valence-corrected chi connectivity index (χ3v) is 4.11. The first-order chi connectivity index (χ1) is 10.1. The second-order valence-electron chi connectivity index (χ2n) is 5.06. The number of carbonyl (C=O) groups excluding carboxylic acids is 1. The zero-order chi connectivity index (χ0) is 14.8. The zero-order valence-electron chi connectivity index (χ0n) is 11.3. The summed E-state index contributed by atoms with van der Waals surface area (Å²) in [5.74, 6) is -0.0827. The molecule has 1 aliphatic heterocycles. The molecule has 0 unspecified atom stereocenters. The van der Waals surface area contributed by atoms with Crippen LogP contribution in [0.5, 0.6) is 5.75 Å². The number of halogens is 1. The smallest absolute Gasteiger partial charge is 0.241 e. The molecule has 0 saturated carbocycles. The van der Waals surface area contributed by atoms with Gasteiger partial charge in [0.2, 0.25) is 5.91 Å². The number of rotatable bonds is 2. The van der Waals surface area contributed by atoms with Crippen LogP contribution in [0.4, 0.5) is 5.69 Å². The lowest BCUT2D eigenvalue weighted by Crippen LogP contribution is -2.44. The van der Waals surface area contributed by atoms with Crippen LogP contribution in [0.1, 0.15) is 11.1 Å². The van der Waals surface area contributed by atoms with Crippen LogP contribution in [0.3, 0.4) is 0 Å². The molecule has 3 N–H and O–H groups in total. The first-order valence-corrected chi connectivity index (χ1v) is 7.52. The van der Waals surface area contributed by atoms with E-state index in [1.807, 2.05) is 18.2 Å². The Hall–Kier alpha value is -1.85. The number of benzene rings is 2. The number of hydrogen-bond acceptors (Lipinski definition) is 3. The van der Waals surface area contributed by atoms with E-state index in [0.717, 1.165) is 4.47 Å². The Balaban J connectivity index is 1.74. The molecule has 0 bridgehead atoms. The molecule has 0 fully saturated rings. The number of hydrogen-bond donors (Lipinski definition) is 3. The topological polar surface area (TPSA) is 61.4 Å². The van der Waals surface area contributed by atoms with Gasteiger partial charge in [-0.05, 0) is 35.7 Å². The molecule has 1 heterocycles. The summed E-state index contributed by atoms with van der Waals surface area (Å²) in [6.07, 6.45) is 0.650. The Bertz CT molecular complexity index is 688. The predicted octanol–water partition coefficient (Wildman–Crippen LogP) is 2.81. The summed E-state index contributed by atoms with van der Waals surface area (Å²) in [5, 5.41) is 15.8. The second-order valence-corrected chi connectivity index (χ2v) is 5.97. The Labute approximate surface area is 131 Å². The monoisotopic (exact) mass is 346 g/mol. The molecular weight excluding hydrogens is 332 g/mol. The summed E-state index contributed by atoms with van der Waals surface area (Å²) in [5.41, 5.74) is 2.83. The van der Waals surface area contributed by atoms with Crippen LogP contribution in [-0.2, 0) is 17.8 Å². The molecule has 21 heavy (non-hydrogen) atoms. The van der Waals surface area contributed by atoms with Crippen molar-refractivity contribution < 1.29 is 9.90 Å². The average Bonchev–Trinajstić information content (AvgIpc) is 2.50. The molecule has 1 aliphatic rings. The summed E-state index contributed by atoms with van der Waals surface area (Å²) < 4.78 is 0.803. The standard InChI is InChI=1S/C16H15BrN2O2/c17-12-5-6-15(20)13(8-12)19-16(21)14-7-10-3-1-2-4-11(10)9-18-14/h1-6,8,14,18,20H,7,9H2,(H,19,21)/t14-/m1/s1. The van der Waals surface area contributed by atoms with Gasteiger partial charge in [0.1, 0.15) is 5.75 Å². The number of anilines is 1. The van der Waals surface area contributed by atoms with E-state index in [1.165, 1.54) is 11.1 Å². The Morgan fingerprint density at radius 1 is 1.24 bits per heavy atom. The van der Waals surface area contributed by atoms with Gasteiger partial charge in [0.25, 0.3) is 0 Å². The lowest BCUT2D eigenvalue weighted by atomic mass is 9.95. The third-order valence-electron chi connectivity index (χ3n) is 3.61. The summed E-state index contributed by atoms with van der Waals surface area (Å²) >= 11 is 3.33. The van der Waals surface area contributed by atoms with Gasteiger partial charge in [0.05, 0.1) is 11.7 Å². The van der Waals surface area contributed by atoms with Crippen LogP contribution in [0, 0.1) is 0 Å². The highest BCUT2D eigenvalue weighted by Gasteiger charge is 2.24. The molecule has 2 aromatic carbocycles. The predicted molar refractivity (Wildman–Crippen MR) is 85.2 cm³/mol. The molecule has 5 heteroatoms. The van der Waals surface area contributed by atoms with Crippen molar-refractivity contribution in [1.82, 2.24) is 5.32 Å². The molecule has 1 amide bonds. The molecular formula is C16H15BrN2O2. The minimum atomic E-state index is -0.293. The number of aromatic hydroxyl groups is 1. The number of nitrogens with one attached hydrogen (secondary N) is 2. The quantitative estimate of drug-likeness (QED) is 0.732. The van der Waals surface area contributed by atoms with Crippen molar-refractivity contribution in [2.24, 2.45) is 0 Å². The van der Waals surface area contributed by atoms with E-state index in [-0.39, 0.29) is 17.7 Å². The molecule has 0 aromatic heterocycles. The first kappa shape index (κ1) is 14.1. The van der Waals surface area contributed by atoms with Crippen LogP contribution in [0.2, 0.25) is 0 Å². The lowest BCUT2D eigenvalue weighted by Gasteiger charge is -2.25. The van der Waals surface area contributed by atoms with Gasteiger partial charge < -0.3 is 15.7 Å². The maximum Gasteiger partial charge on any atom is 0.241 e. The fourth-order valence-electron chi connectivity index (χ4n) is 2.47. The normalized spacial score (nSPS) is 17.1. The molecule has 0 aliphatic carbocycles. The van der Waals surface area contributed by atoms with Gasteiger partial charge in [-0.15, -0.1) is 0 Å². The molecule has 108 valence electrons. The maximum absolute atomic E-state index is 12.3. The average molecular weight is 347 g/mol. The van der Waals surface area contributed by atoms with Crippen LogP contribution in [0.25, 0.3) is 0 Å². The number of phenols is 1. The van der Waals surface area contributed by atoms with Crippen molar-refractivity contribution >= 4 is 27.5 Å². The fourth-order valence-corrected chi connectivity index (χ4v) is 2.83. The van der Waals surface area contributed by atoms with Gasteiger partial charge in [0, 0.05) is 11.0 Å². The Morgan fingerprint density at radius 3 is 2.81 bits per heavy atom. The van der Waals surface area contributed by atoms with E-state index in [0.29, 0.717) is 18.7 Å². The van der Waals surface area contributed by atoms with Crippen molar-refractivity contribution in [3.05, 3.63) is 58.1 Å². The summed E-state index contributed by atoms with van der Waals surface area (Å²) in [6.45, 7) is 0.679. The highest BCUT2D eigenvalue weighted by atomic mass is 79.9.